The maximum absolute atomic E-state index is 12.4. The molecule has 0 spiro atoms. The number of aliphatic hydroxyl groups is 1. The molecule has 5 heteroatoms. The van der Waals surface area contributed by atoms with Crippen molar-refractivity contribution in [3.05, 3.63) is 21.4 Å². The Morgan fingerprint density at radius 3 is 2.72 bits per heavy atom. The molecule has 0 saturated carbocycles. The van der Waals surface area contributed by atoms with E-state index in [0.717, 1.165) is 17.0 Å². The number of amides is 1. The van der Waals surface area contributed by atoms with Gasteiger partial charge in [0.25, 0.3) is 5.91 Å². The van der Waals surface area contributed by atoms with Crippen molar-refractivity contribution in [2.45, 2.75) is 20.0 Å². The van der Waals surface area contributed by atoms with Crippen LogP contribution in [0.4, 0.5) is 0 Å². The van der Waals surface area contributed by atoms with Crippen LogP contribution in [-0.4, -0.2) is 60.1 Å². The molecule has 0 aromatic carbocycles. The summed E-state index contributed by atoms with van der Waals surface area (Å²) >= 11 is 1.54. The number of hydrogen-bond acceptors (Lipinski definition) is 4. The lowest BCUT2D eigenvalue weighted by atomic mass is 10.2. The minimum absolute atomic E-state index is 0.0468. The predicted molar refractivity (Wildman–Crippen MR) is 73.2 cm³/mol. The van der Waals surface area contributed by atoms with Gasteiger partial charge in [-0.15, -0.1) is 11.3 Å². The Morgan fingerprint density at radius 2 is 2.11 bits per heavy atom. The first-order chi connectivity index (χ1) is 8.47. The molecule has 1 aliphatic rings. The van der Waals surface area contributed by atoms with Crippen LogP contribution in [0.25, 0.3) is 0 Å². The number of aryl methyl sites for hydroxylation is 2. The van der Waals surface area contributed by atoms with Crippen LogP contribution in [0, 0.1) is 13.8 Å². The summed E-state index contributed by atoms with van der Waals surface area (Å²) in [6.07, 6.45) is -0.455. The summed E-state index contributed by atoms with van der Waals surface area (Å²) < 4.78 is 0. The van der Waals surface area contributed by atoms with Gasteiger partial charge in [0.15, 0.2) is 0 Å². The van der Waals surface area contributed by atoms with Gasteiger partial charge in [0.05, 0.1) is 11.0 Å². The van der Waals surface area contributed by atoms with E-state index in [1.54, 1.807) is 4.90 Å². The average molecular weight is 268 g/mol. The van der Waals surface area contributed by atoms with Gasteiger partial charge >= 0.3 is 0 Å². The minimum Gasteiger partial charge on any atom is -0.390 e. The Kier molecular flexibility index (Phi) is 4.04. The van der Waals surface area contributed by atoms with Gasteiger partial charge in [-0.3, -0.25) is 4.79 Å². The third kappa shape index (κ3) is 2.91. The largest absolute Gasteiger partial charge is 0.390 e. The molecule has 0 aliphatic carbocycles. The molecule has 1 unspecified atom stereocenters. The van der Waals surface area contributed by atoms with Crippen molar-refractivity contribution in [2.24, 2.45) is 0 Å². The quantitative estimate of drug-likeness (QED) is 0.830. The molecule has 1 saturated heterocycles. The SMILES string of the molecule is Cc1cc(C(=O)N2CCN(C)CC(O)C2)sc1C. The number of carbonyl (C=O) groups excluding carboxylic acids is 1. The van der Waals surface area contributed by atoms with Crippen molar-refractivity contribution in [3.63, 3.8) is 0 Å². The fraction of sp³-hybridized carbons (Fsp3) is 0.615. The van der Waals surface area contributed by atoms with E-state index >= 15 is 0 Å². The predicted octanol–water partition coefficient (Wildman–Crippen LogP) is 1.11. The highest BCUT2D eigenvalue weighted by Crippen LogP contribution is 2.22. The van der Waals surface area contributed by atoms with Gasteiger partial charge in [-0.05, 0) is 32.5 Å². The van der Waals surface area contributed by atoms with E-state index < -0.39 is 6.10 Å². The lowest BCUT2D eigenvalue weighted by Crippen LogP contribution is -2.37. The van der Waals surface area contributed by atoms with Crippen LogP contribution in [0.2, 0.25) is 0 Å². The van der Waals surface area contributed by atoms with Crippen LogP contribution < -0.4 is 0 Å². The highest BCUT2D eigenvalue weighted by atomic mass is 32.1. The van der Waals surface area contributed by atoms with Crippen LogP contribution in [0.1, 0.15) is 20.1 Å². The summed E-state index contributed by atoms with van der Waals surface area (Å²) in [6.45, 7) is 6.61. The number of carbonyl (C=O) groups is 1. The third-order valence-electron chi connectivity index (χ3n) is 3.37. The molecule has 2 rings (SSSR count). The maximum atomic E-state index is 12.4. The van der Waals surface area contributed by atoms with Gasteiger partial charge < -0.3 is 14.9 Å². The maximum Gasteiger partial charge on any atom is 0.264 e. The summed E-state index contributed by atoms with van der Waals surface area (Å²) in [6, 6.07) is 1.95. The second-order valence-corrected chi connectivity index (χ2v) is 6.27. The summed E-state index contributed by atoms with van der Waals surface area (Å²) in [5.74, 6) is 0.0468. The van der Waals surface area contributed by atoms with Gasteiger partial charge in [0.1, 0.15) is 0 Å². The van der Waals surface area contributed by atoms with Crippen molar-refractivity contribution >= 4 is 17.2 Å². The van der Waals surface area contributed by atoms with Crippen LogP contribution in [0.3, 0.4) is 0 Å². The van der Waals surface area contributed by atoms with Gasteiger partial charge in [-0.1, -0.05) is 0 Å². The van der Waals surface area contributed by atoms with E-state index in [1.807, 2.05) is 27.0 Å². The normalized spacial score (nSPS) is 22.0. The number of nitrogens with zero attached hydrogens (tertiary/aromatic N) is 2. The molecule has 100 valence electrons. The number of thiophene rings is 1. The van der Waals surface area contributed by atoms with Crippen LogP contribution >= 0.6 is 11.3 Å². The Labute approximate surface area is 112 Å². The number of β-amino-alcohol motifs (C(OH)–C–C–N with tert-alkyl or cyclic N) is 1. The van der Waals surface area contributed by atoms with Gasteiger partial charge in [-0.25, -0.2) is 0 Å². The fourth-order valence-corrected chi connectivity index (χ4v) is 3.17. The van der Waals surface area contributed by atoms with Crippen molar-refractivity contribution in [1.29, 1.82) is 0 Å². The zero-order valence-corrected chi connectivity index (χ0v) is 12.0. The molecule has 1 atom stereocenters. The molecule has 4 nitrogen and oxygen atoms in total. The van der Waals surface area contributed by atoms with Gasteiger partial charge in [0.2, 0.25) is 0 Å². The van der Waals surface area contributed by atoms with Crippen molar-refractivity contribution in [3.8, 4) is 0 Å². The summed E-state index contributed by atoms with van der Waals surface area (Å²) in [5.41, 5.74) is 1.16. The molecule has 1 N–H and O–H groups in total. The van der Waals surface area contributed by atoms with E-state index in [1.165, 1.54) is 16.2 Å². The zero-order valence-electron chi connectivity index (χ0n) is 11.1. The van der Waals surface area contributed by atoms with Crippen molar-refractivity contribution in [1.82, 2.24) is 9.80 Å². The van der Waals surface area contributed by atoms with Crippen molar-refractivity contribution in [2.75, 3.05) is 33.2 Å². The molecule has 1 fully saturated rings. The highest BCUT2D eigenvalue weighted by Gasteiger charge is 2.24. The Hall–Kier alpha value is -0.910. The first-order valence-electron chi connectivity index (χ1n) is 6.20. The summed E-state index contributed by atoms with van der Waals surface area (Å²) in [5, 5.41) is 9.85. The first kappa shape index (κ1) is 13.5. The average Bonchev–Trinajstić information content (AvgIpc) is 2.53. The standard InChI is InChI=1S/C13H20N2O2S/c1-9-6-12(18-10(9)2)13(17)15-5-4-14(3)7-11(16)8-15/h6,11,16H,4-5,7-8H2,1-3H3. The zero-order chi connectivity index (χ0) is 13.3. The number of hydrogen-bond donors (Lipinski definition) is 1. The van der Waals surface area contributed by atoms with Crippen molar-refractivity contribution < 1.29 is 9.90 Å². The monoisotopic (exact) mass is 268 g/mol. The fourth-order valence-electron chi connectivity index (χ4n) is 2.16. The smallest absolute Gasteiger partial charge is 0.264 e. The minimum atomic E-state index is -0.455. The van der Waals surface area contributed by atoms with Crippen LogP contribution in [0.5, 0.6) is 0 Å². The molecule has 1 aliphatic heterocycles. The molecule has 1 aromatic heterocycles. The second-order valence-electron chi connectivity index (χ2n) is 5.02. The lowest BCUT2D eigenvalue weighted by Gasteiger charge is -2.20. The lowest BCUT2D eigenvalue weighted by molar-refractivity contribution is 0.0671. The first-order valence-corrected chi connectivity index (χ1v) is 7.02. The molecule has 1 aromatic rings. The topological polar surface area (TPSA) is 43.8 Å². The van der Waals surface area contributed by atoms with E-state index in [0.29, 0.717) is 19.6 Å². The van der Waals surface area contributed by atoms with Gasteiger partial charge in [0, 0.05) is 31.1 Å². The number of rotatable bonds is 1. The van der Waals surface area contributed by atoms with E-state index in [9.17, 15) is 9.90 Å². The Bertz CT molecular complexity index is 425. The highest BCUT2D eigenvalue weighted by molar-refractivity contribution is 7.14. The second kappa shape index (κ2) is 5.38. The summed E-state index contributed by atoms with van der Waals surface area (Å²) in [7, 11) is 1.97. The van der Waals surface area contributed by atoms with E-state index in [-0.39, 0.29) is 5.91 Å². The molecule has 18 heavy (non-hydrogen) atoms. The van der Waals surface area contributed by atoms with Gasteiger partial charge in [-0.2, -0.15) is 0 Å². The molecule has 0 bridgehead atoms. The number of aliphatic hydroxyl groups excluding tert-OH is 1. The van der Waals surface area contributed by atoms with Crippen LogP contribution in [-0.2, 0) is 0 Å². The summed E-state index contributed by atoms with van der Waals surface area (Å²) in [4.78, 5) is 18.2. The molecular weight excluding hydrogens is 248 g/mol. The van der Waals surface area contributed by atoms with E-state index in [2.05, 4.69) is 4.90 Å². The Balaban J connectivity index is 2.12. The Morgan fingerprint density at radius 1 is 1.39 bits per heavy atom. The molecular formula is C13H20N2O2S. The third-order valence-corrected chi connectivity index (χ3v) is 4.51. The molecule has 2 heterocycles. The van der Waals surface area contributed by atoms with Crippen LogP contribution in [0.15, 0.2) is 6.07 Å². The van der Waals surface area contributed by atoms with E-state index in [4.69, 9.17) is 0 Å². The molecule has 0 radical (unpaired) electrons. The molecule has 1 amide bonds. The number of likely N-dealkylation sites (N-methyl/N-ethyl adjacent to an activating group) is 1.